The van der Waals surface area contributed by atoms with Gasteiger partial charge in [0, 0.05) is 50.6 Å². The van der Waals surface area contributed by atoms with Crippen LogP contribution in [0.25, 0.3) is 0 Å². The predicted molar refractivity (Wildman–Crippen MR) is 110 cm³/mol. The lowest BCUT2D eigenvalue weighted by Gasteiger charge is -2.22. The summed E-state index contributed by atoms with van der Waals surface area (Å²) in [4.78, 5) is 18.7. The Bertz CT molecular complexity index is 997. The van der Waals surface area contributed by atoms with Crippen LogP contribution in [0.15, 0.2) is 47.5 Å². The van der Waals surface area contributed by atoms with Gasteiger partial charge in [-0.25, -0.2) is 8.42 Å². The van der Waals surface area contributed by atoms with Gasteiger partial charge in [0.1, 0.15) is 0 Å². The summed E-state index contributed by atoms with van der Waals surface area (Å²) in [6.07, 6.45) is 3.22. The maximum Gasteiger partial charge on any atom is 0.243 e. The number of ether oxygens (including phenoxy) is 2. The van der Waals surface area contributed by atoms with Gasteiger partial charge in [0.2, 0.25) is 15.9 Å². The third-order valence-electron chi connectivity index (χ3n) is 5.22. The lowest BCUT2D eigenvalue weighted by molar-refractivity contribution is -0.130. The molecule has 1 saturated heterocycles. The third-order valence-corrected chi connectivity index (χ3v) is 7.12. The fourth-order valence-corrected chi connectivity index (χ4v) is 5.09. The Kier molecular flexibility index (Phi) is 6.19. The lowest BCUT2D eigenvalue weighted by Crippen LogP contribution is -2.38. The second kappa shape index (κ2) is 9.01. The summed E-state index contributed by atoms with van der Waals surface area (Å²) in [5, 5.41) is 0. The zero-order valence-corrected chi connectivity index (χ0v) is 17.5. The molecule has 0 radical (unpaired) electrons. The summed E-state index contributed by atoms with van der Waals surface area (Å²) in [5.74, 6) is 0.979. The molecule has 0 N–H and O–H groups in total. The van der Waals surface area contributed by atoms with Crippen LogP contribution in [-0.4, -0.2) is 67.9 Å². The number of rotatable bonds is 4. The van der Waals surface area contributed by atoms with Gasteiger partial charge in [0.15, 0.2) is 11.5 Å². The van der Waals surface area contributed by atoms with Gasteiger partial charge in [0.25, 0.3) is 0 Å². The number of nitrogens with zero attached hydrogens (tertiary/aromatic N) is 3. The van der Waals surface area contributed by atoms with Gasteiger partial charge in [-0.2, -0.15) is 4.31 Å². The number of hydrogen-bond acceptors (Lipinski definition) is 6. The summed E-state index contributed by atoms with van der Waals surface area (Å²) < 4.78 is 39.1. The number of amides is 1. The van der Waals surface area contributed by atoms with Crippen LogP contribution in [0.3, 0.4) is 0 Å². The van der Waals surface area contributed by atoms with E-state index < -0.39 is 10.0 Å². The molecule has 1 aromatic heterocycles. The van der Waals surface area contributed by atoms with Gasteiger partial charge in [-0.1, -0.05) is 6.07 Å². The molecule has 2 aliphatic rings. The van der Waals surface area contributed by atoms with Crippen LogP contribution in [0.4, 0.5) is 0 Å². The molecule has 1 amide bonds. The van der Waals surface area contributed by atoms with E-state index in [1.807, 2.05) is 18.2 Å². The molecular formula is C21H25N3O5S. The van der Waals surface area contributed by atoms with Crippen LogP contribution in [-0.2, 0) is 21.2 Å². The summed E-state index contributed by atoms with van der Waals surface area (Å²) in [7, 11) is -3.69. The fraction of sp³-hybridized carbons (Fsp3) is 0.429. The second-order valence-corrected chi connectivity index (χ2v) is 9.23. The van der Waals surface area contributed by atoms with E-state index in [-0.39, 0.29) is 23.8 Å². The summed E-state index contributed by atoms with van der Waals surface area (Å²) in [6.45, 7) is 2.55. The van der Waals surface area contributed by atoms with Crippen molar-refractivity contribution < 1.29 is 22.7 Å². The molecule has 2 aromatic rings. The van der Waals surface area contributed by atoms with Crippen molar-refractivity contribution in [3.63, 3.8) is 0 Å². The molecule has 8 nitrogen and oxygen atoms in total. The first-order chi connectivity index (χ1) is 14.5. The van der Waals surface area contributed by atoms with Crippen LogP contribution in [0.5, 0.6) is 11.5 Å². The van der Waals surface area contributed by atoms with Gasteiger partial charge in [-0.05, 0) is 30.7 Å². The largest absolute Gasteiger partial charge is 0.490 e. The maximum absolute atomic E-state index is 13.2. The Hall–Kier alpha value is -2.65. The molecule has 0 spiro atoms. The minimum Gasteiger partial charge on any atom is -0.490 e. The quantitative estimate of drug-likeness (QED) is 0.732. The van der Waals surface area contributed by atoms with E-state index in [9.17, 15) is 13.2 Å². The number of carbonyl (C=O) groups excluding carboxylic acids is 1. The van der Waals surface area contributed by atoms with Gasteiger partial charge in [0.05, 0.1) is 24.5 Å². The average molecular weight is 432 g/mol. The van der Waals surface area contributed by atoms with Crippen LogP contribution in [0, 0.1) is 0 Å². The highest BCUT2D eigenvalue weighted by atomic mass is 32.2. The monoisotopic (exact) mass is 431 g/mol. The molecular weight excluding hydrogens is 406 g/mol. The molecule has 0 saturated carbocycles. The highest BCUT2D eigenvalue weighted by Gasteiger charge is 2.29. The highest BCUT2D eigenvalue weighted by molar-refractivity contribution is 7.89. The normalized spacial score (nSPS) is 17.8. The van der Waals surface area contributed by atoms with Crippen LogP contribution in [0.2, 0.25) is 0 Å². The molecule has 3 heterocycles. The maximum atomic E-state index is 13.2. The number of aromatic nitrogens is 1. The molecule has 160 valence electrons. The van der Waals surface area contributed by atoms with E-state index >= 15 is 0 Å². The first-order valence-electron chi connectivity index (χ1n) is 10.1. The summed E-state index contributed by atoms with van der Waals surface area (Å²) in [6, 6.07) is 10.2. The Morgan fingerprint density at radius 3 is 2.60 bits per heavy atom. The topological polar surface area (TPSA) is 89.0 Å². The molecule has 0 atom stereocenters. The Morgan fingerprint density at radius 2 is 1.80 bits per heavy atom. The Balaban J connectivity index is 1.44. The van der Waals surface area contributed by atoms with E-state index in [2.05, 4.69) is 4.98 Å². The van der Waals surface area contributed by atoms with E-state index in [1.54, 1.807) is 23.2 Å². The van der Waals surface area contributed by atoms with E-state index in [1.165, 1.54) is 10.4 Å². The van der Waals surface area contributed by atoms with Gasteiger partial charge in [-0.3, -0.25) is 9.78 Å². The zero-order chi connectivity index (χ0) is 21.0. The summed E-state index contributed by atoms with van der Waals surface area (Å²) >= 11 is 0. The Morgan fingerprint density at radius 1 is 0.967 bits per heavy atom. The van der Waals surface area contributed by atoms with Crippen LogP contribution in [0.1, 0.15) is 18.5 Å². The van der Waals surface area contributed by atoms with E-state index in [4.69, 9.17) is 9.47 Å². The molecule has 30 heavy (non-hydrogen) atoms. The number of carbonyl (C=O) groups is 1. The molecule has 2 aliphatic heterocycles. The average Bonchev–Trinajstić information content (AvgIpc) is 3.15. The van der Waals surface area contributed by atoms with Crippen molar-refractivity contribution >= 4 is 15.9 Å². The first-order valence-corrected chi connectivity index (χ1v) is 11.6. The van der Waals surface area contributed by atoms with Gasteiger partial charge in [-0.15, -0.1) is 0 Å². The molecule has 9 heteroatoms. The first kappa shape index (κ1) is 20.6. The van der Waals surface area contributed by atoms with Crippen molar-refractivity contribution in [2.24, 2.45) is 0 Å². The van der Waals surface area contributed by atoms with E-state index in [0.29, 0.717) is 56.5 Å². The van der Waals surface area contributed by atoms with Crippen molar-refractivity contribution in [2.45, 2.75) is 24.2 Å². The SMILES string of the molecule is O=C(Cc1ccccn1)N1CCCN(S(=O)(=O)c2ccc3c(c2)OCCCO3)CC1. The smallest absolute Gasteiger partial charge is 0.243 e. The highest BCUT2D eigenvalue weighted by Crippen LogP contribution is 2.33. The van der Waals surface area contributed by atoms with Crippen molar-refractivity contribution in [2.75, 3.05) is 39.4 Å². The fourth-order valence-electron chi connectivity index (χ4n) is 3.61. The van der Waals surface area contributed by atoms with Gasteiger partial charge < -0.3 is 14.4 Å². The number of benzene rings is 1. The number of pyridine rings is 1. The molecule has 0 bridgehead atoms. The molecule has 4 rings (SSSR count). The van der Waals surface area contributed by atoms with Crippen molar-refractivity contribution in [3.05, 3.63) is 48.3 Å². The minimum absolute atomic E-state index is 0.0384. The summed E-state index contributed by atoms with van der Waals surface area (Å²) in [5.41, 5.74) is 0.712. The van der Waals surface area contributed by atoms with Crippen LogP contribution >= 0.6 is 0 Å². The minimum atomic E-state index is -3.69. The van der Waals surface area contributed by atoms with E-state index in [0.717, 1.165) is 6.42 Å². The van der Waals surface area contributed by atoms with Gasteiger partial charge >= 0.3 is 0 Å². The molecule has 1 aromatic carbocycles. The number of fused-ring (bicyclic) bond motifs is 1. The number of sulfonamides is 1. The third kappa shape index (κ3) is 4.57. The molecule has 0 unspecified atom stereocenters. The van der Waals surface area contributed by atoms with Crippen LogP contribution < -0.4 is 9.47 Å². The lowest BCUT2D eigenvalue weighted by atomic mass is 10.2. The number of hydrogen-bond donors (Lipinski definition) is 0. The second-order valence-electron chi connectivity index (χ2n) is 7.30. The zero-order valence-electron chi connectivity index (χ0n) is 16.7. The van der Waals surface area contributed by atoms with Crippen molar-refractivity contribution in [1.29, 1.82) is 0 Å². The predicted octanol–water partition coefficient (Wildman–Crippen LogP) is 1.71. The Labute approximate surface area is 176 Å². The molecule has 1 fully saturated rings. The molecule has 0 aliphatic carbocycles. The van der Waals surface area contributed by atoms with Crippen molar-refractivity contribution in [3.8, 4) is 11.5 Å². The standard InChI is InChI=1S/C21H25N3O5S/c25-21(15-17-5-1-2-8-22-17)23-9-3-10-24(12-11-23)30(26,27)18-6-7-19-20(16-18)29-14-4-13-28-19/h1-2,5-8,16H,3-4,9-15H2. The van der Waals surface area contributed by atoms with Crippen molar-refractivity contribution in [1.82, 2.24) is 14.2 Å².